The number of rotatable bonds is 4. The predicted octanol–water partition coefficient (Wildman–Crippen LogP) is 3.00. The van der Waals surface area contributed by atoms with Crippen molar-refractivity contribution in [3.05, 3.63) is 30.6 Å². The lowest BCUT2D eigenvalue weighted by atomic mass is 10.4. The first-order valence-corrected chi connectivity index (χ1v) is 5.91. The van der Waals surface area contributed by atoms with Crippen LogP contribution in [0.1, 0.15) is 0 Å². The van der Waals surface area contributed by atoms with Gasteiger partial charge in [-0.25, -0.2) is 4.98 Å². The number of nitrogens with one attached hydrogen (secondary N) is 1. The van der Waals surface area contributed by atoms with Crippen molar-refractivity contribution in [2.24, 2.45) is 0 Å². The Bertz CT molecular complexity index is 495. The second-order valence-electron chi connectivity index (χ2n) is 3.29. The number of aromatic nitrogens is 2. The third-order valence-corrected chi connectivity index (χ3v) is 2.84. The van der Waals surface area contributed by atoms with E-state index in [-0.39, 0.29) is 24.1 Å². The monoisotopic (exact) mass is 261 g/mol. The molecule has 7 heteroatoms. The summed E-state index contributed by atoms with van der Waals surface area (Å²) < 4.78 is 37.5. The van der Waals surface area contributed by atoms with Crippen molar-refractivity contribution in [3.63, 3.8) is 0 Å². The molecule has 0 radical (unpaired) electrons. The van der Waals surface area contributed by atoms with E-state index in [1.807, 2.05) is 12.1 Å². The highest BCUT2D eigenvalue weighted by Gasteiger charge is 2.27. The van der Waals surface area contributed by atoms with Gasteiger partial charge in [0.25, 0.3) is 0 Å². The van der Waals surface area contributed by atoms with Crippen LogP contribution in [0.2, 0.25) is 0 Å². The molecule has 0 aromatic carbocycles. The van der Waals surface area contributed by atoms with E-state index in [4.69, 9.17) is 0 Å². The van der Waals surface area contributed by atoms with Crippen LogP contribution in [0.15, 0.2) is 30.6 Å². The zero-order chi connectivity index (χ0) is 12.3. The predicted molar refractivity (Wildman–Crippen MR) is 62.2 cm³/mol. The molecule has 0 saturated carbocycles. The molecule has 0 unspecified atom stereocenters. The number of nitrogens with zero attached hydrogens (tertiary/aromatic N) is 2. The van der Waals surface area contributed by atoms with E-state index in [0.29, 0.717) is 0 Å². The molecular weight excluding hydrogens is 251 g/mol. The first-order chi connectivity index (χ1) is 8.06. The second kappa shape index (κ2) is 4.87. The van der Waals surface area contributed by atoms with Crippen molar-refractivity contribution < 1.29 is 13.2 Å². The third kappa shape index (κ3) is 3.29. The summed E-state index contributed by atoms with van der Waals surface area (Å²) in [6, 6.07) is 5.43. The molecule has 0 atom stereocenters. The molecule has 92 valence electrons. The van der Waals surface area contributed by atoms with Gasteiger partial charge in [0.15, 0.2) is 0 Å². The summed E-state index contributed by atoms with van der Waals surface area (Å²) in [4.78, 5) is 4.08. The van der Waals surface area contributed by atoms with Crippen LogP contribution < -0.4 is 5.32 Å². The van der Waals surface area contributed by atoms with Crippen LogP contribution in [0.25, 0.3) is 5.65 Å². The molecule has 0 amide bonds. The summed E-state index contributed by atoms with van der Waals surface area (Å²) in [7, 11) is 0. The Morgan fingerprint density at radius 1 is 1.35 bits per heavy atom. The van der Waals surface area contributed by atoms with E-state index in [9.17, 15) is 13.2 Å². The average Bonchev–Trinajstić information content (AvgIpc) is 2.71. The third-order valence-electron chi connectivity index (χ3n) is 2.10. The summed E-state index contributed by atoms with van der Waals surface area (Å²) in [5.41, 5.74) is -3.40. The van der Waals surface area contributed by atoms with Gasteiger partial charge in [0.05, 0.1) is 0 Å². The van der Waals surface area contributed by atoms with Crippen molar-refractivity contribution in [2.45, 2.75) is 5.51 Å². The highest BCUT2D eigenvalue weighted by Crippen LogP contribution is 2.29. The summed E-state index contributed by atoms with van der Waals surface area (Å²) in [5.74, 6) is 0.719. The van der Waals surface area contributed by atoms with Gasteiger partial charge in [-0.05, 0) is 23.9 Å². The summed E-state index contributed by atoms with van der Waals surface area (Å²) in [5, 5.41) is 2.95. The molecule has 0 spiro atoms. The highest BCUT2D eigenvalue weighted by atomic mass is 32.2. The quantitative estimate of drug-likeness (QED) is 0.858. The van der Waals surface area contributed by atoms with Crippen LogP contribution in [-0.4, -0.2) is 27.2 Å². The number of halogens is 3. The number of imidazole rings is 1. The van der Waals surface area contributed by atoms with Gasteiger partial charge in [-0.1, -0.05) is 6.07 Å². The second-order valence-corrected chi connectivity index (χ2v) is 4.45. The van der Waals surface area contributed by atoms with E-state index >= 15 is 0 Å². The maximum absolute atomic E-state index is 11.9. The van der Waals surface area contributed by atoms with E-state index in [0.717, 1.165) is 11.5 Å². The van der Waals surface area contributed by atoms with Gasteiger partial charge < -0.3 is 5.32 Å². The number of fused-ring (bicyclic) bond motifs is 1. The van der Waals surface area contributed by atoms with Gasteiger partial charge in [0.1, 0.15) is 11.5 Å². The van der Waals surface area contributed by atoms with Crippen LogP contribution >= 0.6 is 11.8 Å². The lowest BCUT2D eigenvalue weighted by molar-refractivity contribution is -0.0327. The van der Waals surface area contributed by atoms with E-state index in [1.54, 1.807) is 22.9 Å². The van der Waals surface area contributed by atoms with Gasteiger partial charge in [-0.3, -0.25) is 4.40 Å². The molecule has 0 aliphatic heterocycles. The van der Waals surface area contributed by atoms with Gasteiger partial charge >= 0.3 is 5.51 Å². The van der Waals surface area contributed by atoms with Crippen molar-refractivity contribution >= 4 is 23.2 Å². The van der Waals surface area contributed by atoms with Crippen LogP contribution in [0.5, 0.6) is 0 Å². The van der Waals surface area contributed by atoms with Gasteiger partial charge in [-0.2, -0.15) is 13.2 Å². The molecule has 2 aromatic heterocycles. The van der Waals surface area contributed by atoms with Crippen molar-refractivity contribution in [1.82, 2.24) is 9.38 Å². The average molecular weight is 261 g/mol. The Labute approximate surface area is 100 Å². The van der Waals surface area contributed by atoms with Crippen molar-refractivity contribution in [1.29, 1.82) is 0 Å². The zero-order valence-electron chi connectivity index (χ0n) is 8.74. The van der Waals surface area contributed by atoms with Crippen molar-refractivity contribution in [3.8, 4) is 0 Å². The number of anilines is 1. The smallest absolute Gasteiger partial charge is 0.370 e. The number of pyridine rings is 1. The molecule has 0 saturated heterocycles. The fraction of sp³-hybridized carbons (Fsp3) is 0.300. The molecule has 2 rings (SSSR count). The van der Waals surface area contributed by atoms with Crippen LogP contribution in [0, 0.1) is 0 Å². The van der Waals surface area contributed by atoms with Crippen molar-refractivity contribution in [2.75, 3.05) is 17.6 Å². The minimum absolute atomic E-state index is 0.0193. The zero-order valence-corrected chi connectivity index (χ0v) is 9.55. The molecule has 0 aliphatic carbocycles. The Morgan fingerprint density at radius 3 is 2.94 bits per heavy atom. The molecule has 3 nitrogen and oxygen atoms in total. The Kier molecular flexibility index (Phi) is 3.46. The fourth-order valence-electron chi connectivity index (χ4n) is 1.44. The minimum Gasteiger partial charge on any atom is -0.370 e. The van der Waals surface area contributed by atoms with Gasteiger partial charge in [-0.15, -0.1) is 0 Å². The molecular formula is C10H10F3N3S. The largest absolute Gasteiger partial charge is 0.441 e. The first-order valence-electron chi connectivity index (χ1n) is 4.93. The first kappa shape index (κ1) is 12.1. The van der Waals surface area contributed by atoms with E-state index < -0.39 is 5.51 Å². The van der Waals surface area contributed by atoms with Crippen LogP contribution in [-0.2, 0) is 0 Å². The Hall–Kier alpha value is -1.37. The number of hydrogen-bond donors (Lipinski definition) is 1. The molecule has 0 fully saturated rings. The van der Waals surface area contributed by atoms with Gasteiger partial charge in [0, 0.05) is 24.7 Å². The number of thioether (sulfide) groups is 1. The molecule has 1 N–H and O–H groups in total. The van der Waals surface area contributed by atoms with Crippen LogP contribution in [0.4, 0.5) is 19.0 Å². The number of alkyl halides is 3. The molecule has 0 aliphatic rings. The molecule has 2 aromatic rings. The topological polar surface area (TPSA) is 29.3 Å². The summed E-state index contributed by atoms with van der Waals surface area (Å²) >= 11 is -0.0271. The Morgan fingerprint density at radius 2 is 2.18 bits per heavy atom. The van der Waals surface area contributed by atoms with Gasteiger partial charge in [0.2, 0.25) is 0 Å². The van der Waals surface area contributed by atoms with E-state index in [2.05, 4.69) is 10.3 Å². The lowest BCUT2D eigenvalue weighted by Gasteiger charge is -2.09. The summed E-state index contributed by atoms with van der Waals surface area (Å²) in [6.07, 6.45) is 3.40. The molecule has 2 heterocycles. The SMILES string of the molecule is FC(F)(F)SCCNc1cccc2nccn12. The summed E-state index contributed by atoms with van der Waals surface area (Å²) in [6.45, 7) is 0.251. The van der Waals surface area contributed by atoms with Crippen LogP contribution in [0.3, 0.4) is 0 Å². The van der Waals surface area contributed by atoms with E-state index in [1.165, 1.54) is 0 Å². The highest BCUT2D eigenvalue weighted by molar-refractivity contribution is 8.00. The Balaban J connectivity index is 1.93. The standard InChI is InChI=1S/C10H10F3N3S/c11-10(12,13)17-7-5-15-9-3-1-2-8-14-4-6-16(8)9/h1-4,6,15H,5,7H2. The fourth-order valence-corrected chi connectivity index (χ4v) is 1.87. The maximum Gasteiger partial charge on any atom is 0.441 e. The normalized spacial score (nSPS) is 11.9. The molecule has 0 bridgehead atoms. The lowest BCUT2D eigenvalue weighted by Crippen LogP contribution is -2.11. The maximum atomic E-state index is 11.9. The number of hydrogen-bond acceptors (Lipinski definition) is 3. The molecule has 17 heavy (non-hydrogen) atoms. The minimum atomic E-state index is -4.16.